The highest BCUT2D eigenvalue weighted by Gasteiger charge is 2.11. The number of carbonyl (C=O) groups is 1. The van der Waals surface area contributed by atoms with Crippen LogP contribution in [0.5, 0.6) is 0 Å². The number of rotatable bonds is 4. The molecule has 0 saturated heterocycles. The van der Waals surface area contributed by atoms with E-state index in [1.54, 1.807) is 11.3 Å². The van der Waals surface area contributed by atoms with Gasteiger partial charge in [0.2, 0.25) is 0 Å². The lowest BCUT2D eigenvalue weighted by Gasteiger charge is -2.05. The van der Waals surface area contributed by atoms with E-state index in [0.29, 0.717) is 18.2 Å². The molecule has 0 aliphatic carbocycles. The van der Waals surface area contributed by atoms with E-state index in [9.17, 15) is 4.79 Å². The van der Waals surface area contributed by atoms with Crippen molar-refractivity contribution in [2.75, 3.05) is 6.54 Å². The lowest BCUT2D eigenvalue weighted by atomic mass is 10.2. The number of thiophene rings is 1. The van der Waals surface area contributed by atoms with Crippen molar-refractivity contribution < 1.29 is 4.79 Å². The molecule has 0 atom stereocenters. The number of carbonyl (C=O) groups excluding carboxylic acids is 1. The van der Waals surface area contributed by atoms with E-state index < -0.39 is 0 Å². The lowest BCUT2D eigenvalue weighted by Crippen LogP contribution is -2.27. The monoisotopic (exact) mass is 266 g/mol. The van der Waals surface area contributed by atoms with Crippen LogP contribution in [0.25, 0.3) is 10.6 Å². The van der Waals surface area contributed by atoms with Crippen LogP contribution in [-0.2, 0) is 0 Å². The van der Waals surface area contributed by atoms with Gasteiger partial charge >= 0.3 is 0 Å². The van der Waals surface area contributed by atoms with E-state index in [1.807, 2.05) is 22.2 Å². The van der Waals surface area contributed by atoms with E-state index in [0.717, 1.165) is 10.6 Å². The average Bonchev–Trinajstić information content (AvgIpc) is 2.94. The molecule has 90 valence electrons. The summed E-state index contributed by atoms with van der Waals surface area (Å²) >= 11 is 3.14. The zero-order valence-electron chi connectivity index (χ0n) is 9.77. The molecule has 1 N–H and O–H groups in total. The van der Waals surface area contributed by atoms with Crippen molar-refractivity contribution in [3.63, 3.8) is 0 Å². The van der Waals surface area contributed by atoms with E-state index in [-0.39, 0.29) is 5.91 Å². The number of hydrogen-bond donors (Lipinski definition) is 1. The lowest BCUT2D eigenvalue weighted by molar-refractivity contribution is 0.0945. The average molecular weight is 266 g/mol. The Bertz CT molecular complexity index is 488. The fourth-order valence-corrected chi connectivity index (χ4v) is 2.80. The zero-order valence-corrected chi connectivity index (χ0v) is 11.4. The Morgan fingerprint density at radius 2 is 2.29 bits per heavy atom. The van der Waals surface area contributed by atoms with Gasteiger partial charge in [-0.2, -0.15) is 11.3 Å². The summed E-state index contributed by atoms with van der Waals surface area (Å²) in [7, 11) is 0. The largest absolute Gasteiger partial charge is 0.350 e. The first-order valence-electron chi connectivity index (χ1n) is 5.43. The molecule has 3 nitrogen and oxygen atoms in total. The Balaban J connectivity index is 2.05. The maximum absolute atomic E-state index is 11.8. The van der Waals surface area contributed by atoms with Gasteiger partial charge in [0.05, 0.1) is 0 Å². The molecule has 17 heavy (non-hydrogen) atoms. The van der Waals surface area contributed by atoms with Gasteiger partial charge in [0.1, 0.15) is 10.7 Å². The van der Waals surface area contributed by atoms with Gasteiger partial charge in [-0.1, -0.05) is 13.8 Å². The van der Waals surface area contributed by atoms with Gasteiger partial charge in [0, 0.05) is 22.9 Å². The highest BCUT2D eigenvalue weighted by atomic mass is 32.1. The molecular formula is C12H14N2OS2. The molecule has 0 unspecified atom stereocenters. The predicted octanol–water partition coefficient (Wildman–Crippen LogP) is 3.26. The molecule has 1 amide bonds. The highest BCUT2D eigenvalue weighted by Crippen LogP contribution is 2.25. The third kappa shape index (κ3) is 3.14. The number of hydrogen-bond acceptors (Lipinski definition) is 4. The summed E-state index contributed by atoms with van der Waals surface area (Å²) < 4.78 is 0. The smallest absolute Gasteiger partial charge is 0.270 e. The van der Waals surface area contributed by atoms with Crippen molar-refractivity contribution in [1.82, 2.24) is 10.3 Å². The maximum Gasteiger partial charge on any atom is 0.270 e. The van der Waals surface area contributed by atoms with Crippen LogP contribution in [0.2, 0.25) is 0 Å². The Morgan fingerprint density at radius 3 is 2.94 bits per heavy atom. The molecule has 2 rings (SSSR count). The summed E-state index contributed by atoms with van der Waals surface area (Å²) in [4.78, 5) is 16.1. The fourth-order valence-electron chi connectivity index (χ4n) is 1.28. The third-order valence-corrected chi connectivity index (χ3v) is 3.75. The van der Waals surface area contributed by atoms with Crippen molar-refractivity contribution in [3.05, 3.63) is 27.9 Å². The first kappa shape index (κ1) is 12.3. The summed E-state index contributed by atoms with van der Waals surface area (Å²) in [5, 5.41) is 9.62. The van der Waals surface area contributed by atoms with Crippen LogP contribution in [-0.4, -0.2) is 17.4 Å². The number of thiazole rings is 1. The van der Waals surface area contributed by atoms with Crippen LogP contribution in [0, 0.1) is 5.92 Å². The van der Waals surface area contributed by atoms with E-state index in [2.05, 4.69) is 24.1 Å². The maximum atomic E-state index is 11.8. The number of aromatic nitrogens is 1. The van der Waals surface area contributed by atoms with Gasteiger partial charge < -0.3 is 5.32 Å². The quantitative estimate of drug-likeness (QED) is 0.923. The summed E-state index contributed by atoms with van der Waals surface area (Å²) in [6, 6.07) is 2.01. The van der Waals surface area contributed by atoms with Gasteiger partial charge in [-0.3, -0.25) is 4.79 Å². The molecular weight excluding hydrogens is 252 g/mol. The normalized spacial score (nSPS) is 10.8. The molecule has 2 aromatic heterocycles. The first-order chi connectivity index (χ1) is 8.16. The number of nitrogens with one attached hydrogen (secondary N) is 1. The summed E-state index contributed by atoms with van der Waals surface area (Å²) in [5.74, 6) is 0.366. The number of amides is 1. The van der Waals surface area contributed by atoms with Gasteiger partial charge in [-0.25, -0.2) is 4.98 Å². The van der Waals surface area contributed by atoms with Crippen LogP contribution < -0.4 is 5.32 Å². The first-order valence-corrected chi connectivity index (χ1v) is 7.25. The summed E-state index contributed by atoms with van der Waals surface area (Å²) in [6.07, 6.45) is 0. The van der Waals surface area contributed by atoms with Crippen LogP contribution >= 0.6 is 22.7 Å². The molecule has 0 saturated carbocycles. The topological polar surface area (TPSA) is 42.0 Å². The molecule has 2 aromatic rings. The minimum Gasteiger partial charge on any atom is -0.350 e. The van der Waals surface area contributed by atoms with E-state index in [4.69, 9.17) is 0 Å². The van der Waals surface area contributed by atoms with Crippen molar-refractivity contribution in [3.8, 4) is 10.6 Å². The summed E-state index contributed by atoms with van der Waals surface area (Å²) in [6.45, 7) is 4.82. The van der Waals surface area contributed by atoms with Crippen molar-refractivity contribution in [2.24, 2.45) is 5.92 Å². The number of nitrogens with zero attached hydrogens (tertiary/aromatic N) is 1. The van der Waals surface area contributed by atoms with Crippen molar-refractivity contribution >= 4 is 28.6 Å². The van der Waals surface area contributed by atoms with Crippen LogP contribution in [0.3, 0.4) is 0 Å². The summed E-state index contributed by atoms with van der Waals surface area (Å²) in [5.41, 5.74) is 1.60. The Kier molecular flexibility index (Phi) is 3.91. The Labute approximate surface area is 109 Å². The molecule has 0 radical (unpaired) electrons. The second kappa shape index (κ2) is 5.42. The van der Waals surface area contributed by atoms with Gasteiger partial charge in [0.15, 0.2) is 0 Å². The molecule has 0 fully saturated rings. The van der Waals surface area contributed by atoms with Crippen molar-refractivity contribution in [1.29, 1.82) is 0 Å². The van der Waals surface area contributed by atoms with Gasteiger partial charge in [0.25, 0.3) is 5.91 Å². The van der Waals surface area contributed by atoms with E-state index in [1.165, 1.54) is 11.3 Å². The molecule has 0 aliphatic rings. The van der Waals surface area contributed by atoms with Gasteiger partial charge in [-0.05, 0) is 17.4 Å². The molecule has 0 aromatic carbocycles. The third-order valence-electron chi connectivity index (χ3n) is 2.18. The predicted molar refractivity (Wildman–Crippen MR) is 72.6 cm³/mol. The fraction of sp³-hybridized carbons (Fsp3) is 0.333. The second-order valence-corrected chi connectivity index (χ2v) is 5.79. The molecule has 0 bridgehead atoms. The molecule has 0 spiro atoms. The SMILES string of the molecule is CC(C)CNC(=O)c1csc(-c2ccsc2)n1. The Hall–Kier alpha value is -1.20. The Morgan fingerprint density at radius 1 is 1.47 bits per heavy atom. The highest BCUT2D eigenvalue weighted by molar-refractivity contribution is 7.14. The van der Waals surface area contributed by atoms with Crippen LogP contribution in [0.1, 0.15) is 24.3 Å². The minimum absolute atomic E-state index is 0.0866. The molecule has 0 aliphatic heterocycles. The molecule has 2 heterocycles. The van der Waals surface area contributed by atoms with Crippen LogP contribution in [0.15, 0.2) is 22.2 Å². The van der Waals surface area contributed by atoms with Crippen molar-refractivity contribution in [2.45, 2.75) is 13.8 Å². The minimum atomic E-state index is -0.0866. The standard InChI is InChI=1S/C12H14N2OS2/c1-8(2)5-13-11(15)10-7-17-12(14-10)9-3-4-16-6-9/h3-4,6-8H,5H2,1-2H3,(H,13,15). The molecule has 5 heteroatoms. The second-order valence-electron chi connectivity index (χ2n) is 4.15. The van der Waals surface area contributed by atoms with Crippen LogP contribution in [0.4, 0.5) is 0 Å². The zero-order chi connectivity index (χ0) is 12.3. The van der Waals surface area contributed by atoms with E-state index >= 15 is 0 Å². The van der Waals surface area contributed by atoms with Gasteiger partial charge in [-0.15, -0.1) is 11.3 Å².